The molecule has 9 nitrogen and oxygen atoms in total. The smallest absolute Gasteiger partial charge is 0.350 e. The fourth-order valence-corrected chi connectivity index (χ4v) is 7.36. The minimum absolute atomic E-state index is 0.0241. The molecule has 1 saturated heterocycles. The van der Waals surface area contributed by atoms with Crippen molar-refractivity contribution in [1.82, 2.24) is 4.98 Å². The van der Waals surface area contributed by atoms with E-state index in [-0.39, 0.29) is 39.6 Å². The molecule has 10 heteroatoms. The summed E-state index contributed by atoms with van der Waals surface area (Å²) in [5, 5.41) is 25.9. The Bertz CT molecular complexity index is 1140. The Morgan fingerprint density at radius 2 is 2.03 bits per heavy atom. The topological polar surface area (TPSA) is 138 Å². The number of epoxide rings is 1. The number of aliphatic hydroxyl groups is 2. The summed E-state index contributed by atoms with van der Waals surface area (Å²) < 4.78 is 12.0. The first kappa shape index (κ1) is 25.5. The number of hydrogen-bond acceptors (Lipinski definition) is 9. The lowest BCUT2D eigenvalue weighted by Gasteiger charge is -2.38. The van der Waals surface area contributed by atoms with E-state index in [0.29, 0.717) is 24.5 Å². The Balaban J connectivity index is 1.53. The number of rotatable bonds is 3. The Hall–Kier alpha value is -2.14. The molecule has 0 aromatic carbocycles. The minimum Gasteiger partial charge on any atom is -0.454 e. The molecule has 8 atom stereocenters. The zero-order valence-corrected chi connectivity index (χ0v) is 22.1. The van der Waals surface area contributed by atoms with E-state index in [2.05, 4.69) is 24.1 Å². The van der Waals surface area contributed by atoms with Gasteiger partial charge in [-0.3, -0.25) is 9.59 Å². The number of carbonyl (C=O) groups excluding carboxylic acids is 3. The van der Waals surface area contributed by atoms with E-state index in [1.807, 2.05) is 6.08 Å². The maximum Gasteiger partial charge on any atom is 0.350 e. The number of Topliss-reactive ketones (excluding diaryl/α,β-unsaturated/α-hetero) is 1. The number of hydrogen-bond donors (Lipinski definition) is 3. The standard InChI is InChI=1S/C26H34N2O7S/c1-12-8-16-15(24(16,4)5)6-7-25(11-34-25)21(18-19(30)13(2)9-26(18,33)20(12)31)35-22(32)17-10-27-23(36-17)28-14(3)29/h8,10,13,15-16,18-19,21,30,33H,6-7,9,11H2,1-5H3,(H,27,28,29)/b12-8+/t13-,15-,16+,18+,19-,21+,25-,26+/m0/s1. The van der Waals surface area contributed by atoms with Crippen LogP contribution in [0.2, 0.25) is 0 Å². The fourth-order valence-electron chi connectivity index (χ4n) is 6.61. The summed E-state index contributed by atoms with van der Waals surface area (Å²) in [7, 11) is 0. The van der Waals surface area contributed by atoms with Crippen LogP contribution in [-0.4, -0.2) is 62.9 Å². The third kappa shape index (κ3) is 4.02. The summed E-state index contributed by atoms with van der Waals surface area (Å²) in [4.78, 5) is 42.6. The Kier molecular flexibility index (Phi) is 5.98. The molecular weight excluding hydrogens is 484 g/mol. The minimum atomic E-state index is -1.89. The maximum atomic E-state index is 13.7. The van der Waals surface area contributed by atoms with E-state index in [1.165, 1.54) is 13.1 Å². The number of aromatic nitrogens is 1. The lowest BCUT2D eigenvalue weighted by Crippen LogP contribution is -2.56. The van der Waals surface area contributed by atoms with E-state index in [0.717, 1.165) is 17.8 Å². The van der Waals surface area contributed by atoms with Crippen molar-refractivity contribution in [1.29, 1.82) is 0 Å². The van der Waals surface area contributed by atoms with Gasteiger partial charge in [-0.2, -0.15) is 0 Å². The van der Waals surface area contributed by atoms with Crippen LogP contribution in [0.15, 0.2) is 17.8 Å². The van der Waals surface area contributed by atoms with Crippen LogP contribution in [0.3, 0.4) is 0 Å². The van der Waals surface area contributed by atoms with Gasteiger partial charge in [0.05, 0.1) is 24.8 Å². The van der Waals surface area contributed by atoms with Crippen LogP contribution in [0.5, 0.6) is 0 Å². The quantitative estimate of drug-likeness (QED) is 0.410. The molecule has 0 unspecified atom stereocenters. The Labute approximate surface area is 214 Å². The molecule has 0 bridgehead atoms. The molecule has 1 spiro atoms. The molecule has 3 fully saturated rings. The van der Waals surface area contributed by atoms with Gasteiger partial charge in [0.15, 0.2) is 10.9 Å². The van der Waals surface area contributed by atoms with Crippen LogP contribution in [0.25, 0.3) is 0 Å². The second-order valence-electron chi connectivity index (χ2n) is 11.7. The summed E-state index contributed by atoms with van der Waals surface area (Å²) in [6, 6.07) is 0. The summed E-state index contributed by atoms with van der Waals surface area (Å²) >= 11 is 0.973. The average Bonchev–Trinajstić information content (AvgIpc) is 3.56. The van der Waals surface area contributed by atoms with Gasteiger partial charge in [0.2, 0.25) is 5.91 Å². The van der Waals surface area contributed by atoms with Crippen LogP contribution >= 0.6 is 11.3 Å². The molecule has 1 aromatic rings. The number of nitrogens with zero attached hydrogens (tertiary/aromatic N) is 1. The first-order chi connectivity index (χ1) is 16.8. The van der Waals surface area contributed by atoms with E-state index < -0.39 is 41.1 Å². The number of carbonyl (C=O) groups is 3. The predicted octanol–water partition coefficient (Wildman–Crippen LogP) is 2.73. The zero-order chi connectivity index (χ0) is 26.2. The molecule has 2 heterocycles. The van der Waals surface area contributed by atoms with E-state index in [4.69, 9.17) is 9.47 Å². The number of ether oxygens (including phenoxy) is 2. The van der Waals surface area contributed by atoms with Crippen LogP contribution in [0, 0.1) is 29.1 Å². The fraction of sp³-hybridized carbons (Fsp3) is 0.692. The van der Waals surface area contributed by atoms with Crippen LogP contribution in [0.1, 0.15) is 63.6 Å². The van der Waals surface area contributed by atoms with Crippen molar-refractivity contribution in [3.8, 4) is 0 Å². The molecule has 1 amide bonds. The number of aliphatic hydroxyl groups excluding tert-OH is 1. The first-order valence-corrected chi connectivity index (χ1v) is 13.3. The van der Waals surface area contributed by atoms with Crippen molar-refractivity contribution in [2.24, 2.45) is 29.1 Å². The number of allylic oxidation sites excluding steroid dienone is 1. The molecule has 36 heavy (non-hydrogen) atoms. The molecule has 1 aromatic heterocycles. The summed E-state index contributed by atoms with van der Waals surface area (Å²) in [6.07, 6.45) is 2.67. The van der Waals surface area contributed by atoms with Gasteiger partial charge in [-0.05, 0) is 54.9 Å². The summed E-state index contributed by atoms with van der Waals surface area (Å²) in [5.41, 5.74) is -2.27. The van der Waals surface area contributed by atoms with Gasteiger partial charge in [0.1, 0.15) is 22.2 Å². The second kappa shape index (κ2) is 8.44. The zero-order valence-electron chi connectivity index (χ0n) is 21.2. The van der Waals surface area contributed by atoms with Gasteiger partial charge in [0, 0.05) is 6.92 Å². The summed E-state index contributed by atoms with van der Waals surface area (Å²) in [5.74, 6) is -2.30. The predicted molar refractivity (Wildman–Crippen MR) is 131 cm³/mol. The lowest BCUT2D eigenvalue weighted by molar-refractivity contribution is -0.151. The van der Waals surface area contributed by atoms with Gasteiger partial charge < -0.3 is 25.0 Å². The van der Waals surface area contributed by atoms with E-state index >= 15 is 0 Å². The van der Waals surface area contributed by atoms with Gasteiger partial charge in [-0.1, -0.05) is 38.2 Å². The van der Waals surface area contributed by atoms with Gasteiger partial charge in [0.25, 0.3) is 0 Å². The first-order valence-electron chi connectivity index (χ1n) is 12.5. The maximum absolute atomic E-state index is 13.7. The molecule has 5 rings (SSSR count). The van der Waals surface area contributed by atoms with Crippen molar-refractivity contribution in [3.05, 3.63) is 22.7 Å². The number of ketones is 1. The Morgan fingerprint density at radius 1 is 1.33 bits per heavy atom. The lowest BCUT2D eigenvalue weighted by atomic mass is 9.75. The van der Waals surface area contributed by atoms with Crippen molar-refractivity contribution in [3.63, 3.8) is 0 Å². The number of thiazole rings is 1. The highest BCUT2D eigenvalue weighted by Gasteiger charge is 2.68. The molecule has 1 aliphatic heterocycles. The number of fused-ring (bicyclic) bond motifs is 2. The number of esters is 1. The van der Waals surface area contributed by atoms with Crippen LogP contribution in [0.4, 0.5) is 5.13 Å². The monoisotopic (exact) mass is 518 g/mol. The van der Waals surface area contributed by atoms with Gasteiger partial charge >= 0.3 is 5.97 Å². The average molecular weight is 519 g/mol. The highest BCUT2D eigenvalue weighted by molar-refractivity contribution is 7.17. The highest BCUT2D eigenvalue weighted by atomic mass is 32.1. The molecule has 3 aliphatic carbocycles. The van der Waals surface area contributed by atoms with Crippen molar-refractivity contribution in [2.75, 3.05) is 11.9 Å². The third-order valence-corrected chi connectivity index (χ3v) is 9.81. The van der Waals surface area contributed by atoms with Crippen molar-refractivity contribution < 1.29 is 34.1 Å². The molecule has 0 radical (unpaired) electrons. The van der Waals surface area contributed by atoms with E-state index in [1.54, 1.807) is 13.8 Å². The molecule has 4 aliphatic rings. The van der Waals surface area contributed by atoms with E-state index in [9.17, 15) is 24.6 Å². The summed E-state index contributed by atoms with van der Waals surface area (Å²) in [6.45, 7) is 9.53. The number of anilines is 1. The molecule has 3 N–H and O–H groups in total. The van der Waals surface area contributed by atoms with Gasteiger partial charge in [-0.15, -0.1) is 0 Å². The highest BCUT2D eigenvalue weighted by Crippen LogP contribution is 2.63. The third-order valence-electron chi connectivity index (χ3n) is 8.92. The molecular formula is C26H34N2O7S. The van der Waals surface area contributed by atoms with Crippen molar-refractivity contribution >= 4 is 34.1 Å². The molecule has 196 valence electrons. The number of amides is 1. The number of nitrogens with one attached hydrogen (secondary N) is 1. The van der Waals surface area contributed by atoms with Crippen LogP contribution < -0.4 is 5.32 Å². The SMILES string of the molecule is CC(=O)Nc1ncc(C(=O)O[C@@H]2[C@H]3[C@@H](O)[C@@H](C)C[C@]3(O)C(=O)/C(C)=C/[C@@H]3[C@H](CC[C@]24CO4)C3(C)C)s1. The van der Waals surface area contributed by atoms with Gasteiger partial charge in [-0.25, -0.2) is 9.78 Å². The largest absolute Gasteiger partial charge is 0.454 e. The normalized spacial score (nSPS) is 42.4. The van der Waals surface area contributed by atoms with Crippen molar-refractivity contribution in [2.45, 2.75) is 77.3 Å². The molecule has 2 saturated carbocycles. The van der Waals surface area contributed by atoms with Crippen LogP contribution in [-0.2, 0) is 19.1 Å². The Morgan fingerprint density at radius 3 is 2.67 bits per heavy atom. The second-order valence-corrected chi connectivity index (χ2v) is 12.7.